The van der Waals surface area contributed by atoms with Crippen LogP contribution in [0, 0.1) is 27.2 Å². The number of hydrogen-bond acceptors (Lipinski definition) is 11. The molecule has 0 aliphatic heterocycles. The summed E-state index contributed by atoms with van der Waals surface area (Å²) in [6, 6.07) is 14.1. The molecule has 0 spiro atoms. The van der Waals surface area contributed by atoms with Gasteiger partial charge in [0.15, 0.2) is 0 Å². The lowest BCUT2D eigenvalue weighted by atomic mass is 10.4. The molecule has 0 radical (unpaired) electrons. The molecular formula is C28H57N9O4. The van der Waals surface area contributed by atoms with Crippen LogP contribution in [0.4, 0.5) is 29.1 Å². The molecule has 3 aromatic rings. The van der Waals surface area contributed by atoms with E-state index in [1.807, 2.05) is 83.1 Å². The highest BCUT2D eigenvalue weighted by molar-refractivity contribution is 5.38. The molecule has 13 heteroatoms. The zero-order valence-corrected chi connectivity index (χ0v) is 27.5. The van der Waals surface area contributed by atoms with Gasteiger partial charge in [0, 0.05) is 25.1 Å². The van der Waals surface area contributed by atoms with Gasteiger partial charge in [-0.2, -0.15) is 0 Å². The molecule has 0 amide bonds. The molecule has 13 nitrogen and oxygen atoms in total. The molecule has 0 aliphatic carbocycles. The van der Waals surface area contributed by atoms with Crippen LogP contribution >= 0.6 is 0 Å². The van der Waals surface area contributed by atoms with Crippen molar-refractivity contribution >= 4 is 29.1 Å². The van der Waals surface area contributed by atoms with Crippen molar-refractivity contribution < 1.29 is 9.85 Å². The molecule has 0 atom stereocenters. The summed E-state index contributed by atoms with van der Waals surface area (Å²) < 4.78 is 0. The van der Waals surface area contributed by atoms with Crippen molar-refractivity contribution in [1.82, 2.24) is 21.1 Å². The van der Waals surface area contributed by atoms with E-state index in [4.69, 9.17) is 17.2 Å². The Labute approximate surface area is 247 Å². The van der Waals surface area contributed by atoms with Crippen LogP contribution in [0.3, 0.4) is 0 Å². The van der Waals surface area contributed by atoms with Gasteiger partial charge in [-0.15, -0.1) is 0 Å². The smallest absolute Gasteiger partial charge is 0.365 e. The van der Waals surface area contributed by atoms with Crippen LogP contribution in [0.25, 0.3) is 0 Å². The Morgan fingerprint density at radius 3 is 0.976 bits per heavy atom. The first-order chi connectivity index (χ1) is 19.2. The van der Waals surface area contributed by atoms with E-state index in [0.717, 1.165) is 0 Å². The predicted octanol–water partition coefficient (Wildman–Crippen LogP) is 8.44. The van der Waals surface area contributed by atoms with Gasteiger partial charge in [0.2, 0.25) is 5.82 Å². The minimum atomic E-state index is -0.587. The first kappa shape index (κ1) is 53.0. The Hall–Kier alpha value is -4.39. The van der Waals surface area contributed by atoms with Gasteiger partial charge < -0.3 is 43.6 Å². The third-order valence-electron chi connectivity index (χ3n) is 2.80. The average molecular weight is 584 g/mol. The Balaban J connectivity index is -0.0000000708. The first-order valence-electron chi connectivity index (χ1n) is 13.6. The number of nitrogens with zero attached hydrogens (tertiary/aromatic N) is 5. The Bertz CT molecular complexity index is 888. The SMILES string of the molecule is CC.CC.CC.CC.CC.CC.Cc1cccc([N+](=O)[O-])n1.N.Nc1cccc(N)n1.Nc1cccc([N+](=O)[O-])n1. The second kappa shape index (κ2) is 42.7. The lowest BCUT2D eigenvalue weighted by molar-refractivity contribution is -0.389. The van der Waals surface area contributed by atoms with E-state index >= 15 is 0 Å². The molecule has 3 rings (SSSR count). The van der Waals surface area contributed by atoms with Crippen LogP contribution in [0.1, 0.15) is 88.8 Å². The van der Waals surface area contributed by atoms with E-state index < -0.39 is 9.85 Å². The summed E-state index contributed by atoms with van der Waals surface area (Å²) in [6.45, 7) is 25.7. The molecule has 0 saturated carbocycles. The zero-order valence-electron chi connectivity index (χ0n) is 27.5. The second-order valence-corrected chi connectivity index (χ2v) is 5.06. The monoisotopic (exact) mass is 583 g/mol. The van der Waals surface area contributed by atoms with Crippen LogP contribution < -0.4 is 23.4 Å². The van der Waals surface area contributed by atoms with E-state index in [1.54, 1.807) is 37.3 Å². The number of nitrogens with two attached hydrogens (primary N) is 3. The molecule has 0 bridgehead atoms. The number of hydrogen-bond donors (Lipinski definition) is 4. The molecule has 0 aliphatic rings. The maximum Gasteiger partial charge on any atom is 0.365 e. The minimum Gasteiger partial charge on any atom is -0.384 e. The molecule has 238 valence electrons. The Kier molecular flexibility index (Phi) is 55.1. The molecule has 0 fully saturated rings. The summed E-state index contributed by atoms with van der Waals surface area (Å²) in [7, 11) is 0. The highest BCUT2D eigenvalue weighted by atomic mass is 16.6. The van der Waals surface area contributed by atoms with Crippen molar-refractivity contribution in [2.75, 3.05) is 17.2 Å². The number of aromatic nitrogens is 3. The number of aryl methyl sites for hydroxylation is 1. The van der Waals surface area contributed by atoms with E-state index in [2.05, 4.69) is 15.0 Å². The van der Waals surface area contributed by atoms with Crippen molar-refractivity contribution in [3.05, 3.63) is 80.5 Å². The molecule has 3 heterocycles. The van der Waals surface area contributed by atoms with Gasteiger partial charge in [-0.25, -0.2) is 4.98 Å². The standard InChI is InChI=1S/C6H6N2O2.C5H5N3O2.C5H7N3.6C2H6.H3N/c1-5-3-2-4-6(7-5)8(9)10;6-4-2-1-3-5(7-4)8(9)10;6-4-2-1-3-5(7)8-4;6*1-2;/h2-4H,1H3;1-3H,(H2,6,7);1-3H,(H4,6,7,8);6*1-2H3;1H3. The molecular weight excluding hydrogens is 526 g/mol. The minimum absolute atomic E-state index is 0. The lowest BCUT2D eigenvalue weighted by Gasteiger charge is -1.90. The summed E-state index contributed by atoms with van der Waals surface area (Å²) in [5.74, 6) is 0.768. The third-order valence-corrected chi connectivity index (χ3v) is 2.80. The normalized spacial score (nSPS) is 7.15. The average Bonchev–Trinajstić information content (AvgIpc) is 3.00. The van der Waals surface area contributed by atoms with E-state index in [9.17, 15) is 20.2 Å². The topological polar surface area (TPSA) is 238 Å². The highest BCUT2D eigenvalue weighted by Gasteiger charge is 2.05. The van der Waals surface area contributed by atoms with Crippen LogP contribution in [0.5, 0.6) is 0 Å². The van der Waals surface area contributed by atoms with Gasteiger partial charge in [0.25, 0.3) is 0 Å². The molecule has 0 unspecified atom stereocenters. The van der Waals surface area contributed by atoms with E-state index in [1.165, 1.54) is 24.3 Å². The first-order valence-corrected chi connectivity index (χ1v) is 13.6. The molecule has 3 aromatic heterocycles. The van der Waals surface area contributed by atoms with Crippen LogP contribution in [0.15, 0.2) is 54.6 Å². The van der Waals surface area contributed by atoms with Gasteiger partial charge in [-0.1, -0.05) is 89.2 Å². The van der Waals surface area contributed by atoms with Gasteiger partial charge in [0.05, 0.1) is 0 Å². The summed E-state index contributed by atoms with van der Waals surface area (Å²) >= 11 is 0. The van der Waals surface area contributed by atoms with Gasteiger partial charge in [0.1, 0.15) is 17.3 Å². The third kappa shape index (κ3) is 35.6. The predicted molar refractivity (Wildman–Crippen MR) is 177 cm³/mol. The second-order valence-electron chi connectivity index (χ2n) is 5.06. The number of nitrogen functional groups attached to an aromatic ring is 3. The molecule has 41 heavy (non-hydrogen) atoms. The quantitative estimate of drug-likeness (QED) is 0.165. The van der Waals surface area contributed by atoms with E-state index in [0.29, 0.717) is 17.3 Å². The fraction of sp³-hybridized carbons (Fsp3) is 0.464. The number of rotatable bonds is 2. The fourth-order valence-electron chi connectivity index (χ4n) is 1.64. The number of anilines is 3. The van der Waals surface area contributed by atoms with Crippen LogP contribution in [-0.2, 0) is 0 Å². The van der Waals surface area contributed by atoms with Crippen molar-refractivity contribution in [1.29, 1.82) is 0 Å². The Morgan fingerprint density at radius 1 is 0.512 bits per heavy atom. The van der Waals surface area contributed by atoms with Gasteiger partial charge in [-0.05, 0) is 50.1 Å². The van der Waals surface area contributed by atoms with Crippen molar-refractivity contribution in [2.45, 2.75) is 90.0 Å². The van der Waals surface area contributed by atoms with Crippen LogP contribution in [0.2, 0.25) is 0 Å². The zero-order chi connectivity index (χ0) is 33.1. The molecule has 0 aromatic carbocycles. The van der Waals surface area contributed by atoms with Gasteiger partial charge in [-0.3, -0.25) is 0 Å². The lowest BCUT2D eigenvalue weighted by Crippen LogP contribution is -1.95. The highest BCUT2D eigenvalue weighted by Crippen LogP contribution is 2.07. The number of nitro groups is 2. The van der Waals surface area contributed by atoms with E-state index in [-0.39, 0.29) is 23.6 Å². The molecule has 0 saturated heterocycles. The van der Waals surface area contributed by atoms with Crippen molar-refractivity contribution in [3.8, 4) is 0 Å². The van der Waals surface area contributed by atoms with Gasteiger partial charge >= 0.3 is 11.6 Å². The maximum absolute atomic E-state index is 10.1. The molecule has 9 N–H and O–H groups in total. The van der Waals surface area contributed by atoms with Crippen molar-refractivity contribution in [2.24, 2.45) is 0 Å². The van der Waals surface area contributed by atoms with Crippen LogP contribution in [-0.4, -0.2) is 24.8 Å². The maximum atomic E-state index is 10.1. The summed E-state index contributed by atoms with van der Waals surface area (Å²) in [4.78, 5) is 29.9. The summed E-state index contributed by atoms with van der Waals surface area (Å²) in [6.07, 6.45) is 0. The largest absolute Gasteiger partial charge is 0.384 e. The Morgan fingerprint density at radius 2 is 0.780 bits per heavy atom. The summed E-state index contributed by atoms with van der Waals surface area (Å²) in [5.41, 5.74) is 16.4. The number of pyridine rings is 3. The summed E-state index contributed by atoms with van der Waals surface area (Å²) in [5, 5.41) is 20.1. The van der Waals surface area contributed by atoms with Crippen molar-refractivity contribution in [3.63, 3.8) is 0 Å². The fourth-order valence-corrected chi connectivity index (χ4v) is 1.64.